The zero-order valence-corrected chi connectivity index (χ0v) is 11.7. The first-order valence-corrected chi connectivity index (χ1v) is 6.45. The Bertz CT molecular complexity index is 419. The molecular weight excluding hydrogens is 271 g/mol. The Labute approximate surface area is 116 Å². The standard InChI is InChI=1S/C14H20F3NO2/c1-10(2)9-19-5-6-20-13-4-3-12(14(15,16)17)7-11(13)8-18/h3-4,7,10H,5-6,8-9,18H2,1-2H3. The quantitative estimate of drug-likeness (QED) is 0.785. The molecule has 2 N–H and O–H groups in total. The number of hydrogen-bond acceptors (Lipinski definition) is 3. The normalized spacial score (nSPS) is 11.9. The Morgan fingerprint density at radius 2 is 1.90 bits per heavy atom. The van der Waals surface area contributed by atoms with Crippen LogP contribution in [-0.2, 0) is 17.5 Å². The maximum absolute atomic E-state index is 12.6. The summed E-state index contributed by atoms with van der Waals surface area (Å²) < 4.78 is 48.4. The Balaban J connectivity index is 2.58. The van der Waals surface area contributed by atoms with E-state index in [0.717, 1.165) is 12.1 Å². The first kappa shape index (κ1) is 16.8. The van der Waals surface area contributed by atoms with Gasteiger partial charge in [-0.3, -0.25) is 0 Å². The molecule has 0 unspecified atom stereocenters. The number of hydrogen-bond donors (Lipinski definition) is 1. The molecule has 3 nitrogen and oxygen atoms in total. The lowest BCUT2D eigenvalue weighted by atomic mass is 10.1. The zero-order valence-electron chi connectivity index (χ0n) is 11.7. The molecular formula is C14H20F3NO2. The van der Waals surface area contributed by atoms with Crippen LogP contribution in [0.15, 0.2) is 18.2 Å². The molecule has 20 heavy (non-hydrogen) atoms. The third-order valence-electron chi connectivity index (χ3n) is 2.54. The molecule has 6 heteroatoms. The molecule has 1 aromatic rings. The number of benzene rings is 1. The van der Waals surface area contributed by atoms with E-state index in [1.54, 1.807) is 0 Å². The highest BCUT2D eigenvalue weighted by atomic mass is 19.4. The van der Waals surface area contributed by atoms with Crippen molar-refractivity contribution in [2.75, 3.05) is 19.8 Å². The summed E-state index contributed by atoms with van der Waals surface area (Å²) in [6.45, 7) is 5.35. The molecule has 114 valence electrons. The third-order valence-corrected chi connectivity index (χ3v) is 2.54. The predicted octanol–water partition coefficient (Wildman–Crippen LogP) is 3.22. The first-order valence-electron chi connectivity index (χ1n) is 6.45. The molecule has 0 amide bonds. The minimum atomic E-state index is -4.37. The SMILES string of the molecule is CC(C)COCCOc1ccc(C(F)(F)F)cc1CN. The minimum Gasteiger partial charge on any atom is -0.491 e. The lowest BCUT2D eigenvalue weighted by molar-refractivity contribution is -0.137. The molecule has 1 rings (SSSR count). The fourth-order valence-electron chi connectivity index (χ4n) is 1.59. The highest BCUT2D eigenvalue weighted by Crippen LogP contribution is 2.32. The summed E-state index contributed by atoms with van der Waals surface area (Å²) in [5, 5.41) is 0. The van der Waals surface area contributed by atoms with Gasteiger partial charge in [0.1, 0.15) is 12.4 Å². The van der Waals surface area contributed by atoms with Gasteiger partial charge in [-0.05, 0) is 24.1 Å². The largest absolute Gasteiger partial charge is 0.491 e. The third kappa shape index (κ3) is 5.38. The summed E-state index contributed by atoms with van der Waals surface area (Å²) in [6.07, 6.45) is -4.37. The summed E-state index contributed by atoms with van der Waals surface area (Å²) in [6, 6.07) is 3.31. The molecule has 0 aliphatic heterocycles. The van der Waals surface area contributed by atoms with Gasteiger partial charge in [0.2, 0.25) is 0 Å². The zero-order chi connectivity index (χ0) is 15.2. The van der Waals surface area contributed by atoms with E-state index in [0.29, 0.717) is 30.4 Å². The van der Waals surface area contributed by atoms with Crippen LogP contribution < -0.4 is 10.5 Å². The van der Waals surface area contributed by atoms with Crippen molar-refractivity contribution >= 4 is 0 Å². The molecule has 0 bridgehead atoms. The van der Waals surface area contributed by atoms with Gasteiger partial charge in [-0.15, -0.1) is 0 Å². The topological polar surface area (TPSA) is 44.5 Å². The molecule has 0 radical (unpaired) electrons. The fraction of sp³-hybridized carbons (Fsp3) is 0.571. The van der Waals surface area contributed by atoms with Gasteiger partial charge in [0, 0.05) is 18.7 Å². The fourth-order valence-corrected chi connectivity index (χ4v) is 1.59. The molecule has 0 heterocycles. The van der Waals surface area contributed by atoms with Crippen molar-refractivity contribution in [3.8, 4) is 5.75 Å². The van der Waals surface area contributed by atoms with Gasteiger partial charge in [0.25, 0.3) is 0 Å². The number of ether oxygens (including phenoxy) is 2. The highest BCUT2D eigenvalue weighted by Gasteiger charge is 2.30. The summed E-state index contributed by atoms with van der Waals surface area (Å²) in [5.41, 5.74) is 5.07. The van der Waals surface area contributed by atoms with Gasteiger partial charge in [-0.2, -0.15) is 13.2 Å². The number of rotatable bonds is 7. The summed E-state index contributed by atoms with van der Waals surface area (Å²) in [5.74, 6) is 0.800. The average molecular weight is 291 g/mol. The Kier molecular flexibility index (Phi) is 6.29. The maximum Gasteiger partial charge on any atom is 0.416 e. The predicted molar refractivity (Wildman–Crippen MR) is 70.5 cm³/mol. The summed E-state index contributed by atoms with van der Waals surface area (Å²) >= 11 is 0. The van der Waals surface area contributed by atoms with Crippen molar-refractivity contribution in [3.05, 3.63) is 29.3 Å². The minimum absolute atomic E-state index is 0.00783. The van der Waals surface area contributed by atoms with Crippen molar-refractivity contribution in [2.24, 2.45) is 11.7 Å². The second-order valence-electron chi connectivity index (χ2n) is 4.84. The van der Waals surface area contributed by atoms with Crippen LogP contribution in [0.25, 0.3) is 0 Å². The molecule has 0 fully saturated rings. The Morgan fingerprint density at radius 3 is 2.45 bits per heavy atom. The van der Waals surface area contributed by atoms with Crippen LogP contribution in [-0.4, -0.2) is 19.8 Å². The number of halogens is 3. The van der Waals surface area contributed by atoms with E-state index in [1.807, 2.05) is 13.8 Å². The van der Waals surface area contributed by atoms with E-state index < -0.39 is 11.7 Å². The second kappa shape index (κ2) is 7.50. The van der Waals surface area contributed by atoms with Crippen molar-refractivity contribution in [3.63, 3.8) is 0 Å². The van der Waals surface area contributed by atoms with Crippen molar-refractivity contribution in [2.45, 2.75) is 26.6 Å². The first-order chi connectivity index (χ1) is 9.34. The van der Waals surface area contributed by atoms with E-state index in [-0.39, 0.29) is 13.2 Å². The van der Waals surface area contributed by atoms with Crippen LogP contribution in [0.1, 0.15) is 25.0 Å². The number of nitrogens with two attached hydrogens (primary N) is 1. The van der Waals surface area contributed by atoms with E-state index in [1.165, 1.54) is 6.07 Å². The van der Waals surface area contributed by atoms with E-state index in [2.05, 4.69) is 0 Å². The average Bonchev–Trinajstić information content (AvgIpc) is 2.36. The van der Waals surface area contributed by atoms with Gasteiger partial charge in [0.15, 0.2) is 0 Å². The van der Waals surface area contributed by atoms with Crippen LogP contribution >= 0.6 is 0 Å². The molecule has 0 saturated heterocycles. The molecule has 0 atom stereocenters. The van der Waals surface area contributed by atoms with E-state index in [9.17, 15) is 13.2 Å². The van der Waals surface area contributed by atoms with Crippen molar-refractivity contribution < 1.29 is 22.6 Å². The van der Waals surface area contributed by atoms with Gasteiger partial charge >= 0.3 is 6.18 Å². The van der Waals surface area contributed by atoms with Gasteiger partial charge in [-0.1, -0.05) is 13.8 Å². The molecule has 0 aromatic heterocycles. The van der Waals surface area contributed by atoms with Crippen LogP contribution in [0, 0.1) is 5.92 Å². The number of alkyl halides is 3. The second-order valence-corrected chi connectivity index (χ2v) is 4.84. The summed E-state index contributed by atoms with van der Waals surface area (Å²) in [4.78, 5) is 0. The van der Waals surface area contributed by atoms with Crippen LogP contribution in [0.3, 0.4) is 0 Å². The molecule has 1 aromatic carbocycles. The van der Waals surface area contributed by atoms with Crippen molar-refractivity contribution in [1.82, 2.24) is 0 Å². The van der Waals surface area contributed by atoms with Crippen molar-refractivity contribution in [1.29, 1.82) is 0 Å². The Hall–Kier alpha value is -1.27. The smallest absolute Gasteiger partial charge is 0.416 e. The van der Waals surface area contributed by atoms with Gasteiger partial charge < -0.3 is 15.2 Å². The lowest BCUT2D eigenvalue weighted by Crippen LogP contribution is -2.12. The molecule has 0 aliphatic rings. The van der Waals surface area contributed by atoms with E-state index >= 15 is 0 Å². The summed E-state index contributed by atoms with van der Waals surface area (Å²) in [7, 11) is 0. The van der Waals surface area contributed by atoms with E-state index in [4.69, 9.17) is 15.2 Å². The molecule has 0 aliphatic carbocycles. The van der Waals surface area contributed by atoms with Crippen LogP contribution in [0.2, 0.25) is 0 Å². The monoisotopic (exact) mass is 291 g/mol. The van der Waals surface area contributed by atoms with Gasteiger partial charge in [-0.25, -0.2) is 0 Å². The molecule has 0 saturated carbocycles. The lowest BCUT2D eigenvalue weighted by Gasteiger charge is -2.14. The maximum atomic E-state index is 12.6. The van der Waals surface area contributed by atoms with Crippen LogP contribution in [0.5, 0.6) is 5.75 Å². The highest BCUT2D eigenvalue weighted by molar-refractivity contribution is 5.38. The molecule has 0 spiro atoms. The van der Waals surface area contributed by atoms with Gasteiger partial charge in [0.05, 0.1) is 12.2 Å². The van der Waals surface area contributed by atoms with Crippen LogP contribution in [0.4, 0.5) is 13.2 Å². The Morgan fingerprint density at radius 1 is 1.20 bits per heavy atom.